The third-order valence-corrected chi connectivity index (χ3v) is 6.48. The minimum Gasteiger partial charge on any atom is -0.467 e. The molecule has 0 saturated carbocycles. The second-order valence-corrected chi connectivity index (χ2v) is 8.42. The number of carbonyl (C=O) groups excluding carboxylic acids is 1. The van der Waals surface area contributed by atoms with E-state index in [-0.39, 0.29) is 17.2 Å². The average molecular weight is 426 g/mol. The first-order valence-corrected chi connectivity index (χ1v) is 10.9. The van der Waals surface area contributed by atoms with Crippen molar-refractivity contribution in [3.63, 3.8) is 0 Å². The maximum atomic E-state index is 12.8. The first-order valence-electron chi connectivity index (χ1n) is 9.00. The average Bonchev–Trinajstić information content (AvgIpc) is 3.38. The zero-order valence-electron chi connectivity index (χ0n) is 16.0. The van der Waals surface area contributed by atoms with E-state index in [2.05, 4.69) is 5.32 Å². The van der Waals surface area contributed by atoms with E-state index >= 15 is 0 Å². The van der Waals surface area contributed by atoms with Gasteiger partial charge < -0.3 is 9.73 Å². The molecule has 6 nitrogen and oxygen atoms in total. The van der Waals surface area contributed by atoms with Gasteiger partial charge >= 0.3 is 0 Å². The fourth-order valence-corrected chi connectivity index (χ4v) is 4.65. The number of thiophene rings is 1. The lowest BCUT2D eigenvalue weighted by atomic mass is 10.1. The van der Waals surface area contributed by atoms with E-state index < -0.39 is 0 Å². The molecule has 0 unspecified atom stereocenters. The molecule has 1 aromatic carbocycles. The number of aryl methyl sites for hydroxylation is 1. The van der Waals surface area contributed by atoms with Crippen molar-refractivity contribution >= 4 is 39.2 Å². The second-order valence-electron chi connectivity index (χ2n) is 6.60. The molecule has 148 valence electrons. The predicted octanol–water partition coefficient (Wildman–Crippen LogP) is 3.97. The first-order chi connectivity index (χ1) is 14.0. The van der Waals surface area contributed by atoms with E-state index in [4.69, 9.17) is 9.40 Å². The lowest BCUT2D eigenvalue weighted by Crippen LogP contribution is -2.25. The molecule has 0 aliphatic rings. The monoisotopic (exact) mass is 425 g/mol. The Kier molecular flexibility index (Phi) is 5.55. The SMILES string of the molecule is Cc1ccc(-c2csc3c(=O)n(C)c(SCC(=O)NCc4ccco4)nc23)cc1. The molecule has 29 heavy (non-hydrogen) atoms. The van der Waals surface area contributed by atoms with Crippen LogP contribution in [0.25, 0.3) is 21.3 Å². The van der Waals surface area contributed by atoms with Gasteiger partial charge in [0.05, 0.1) is 24.1 Å². The summed E-state index contributed by atoms with van der Waals surface area (Å²) in [5.41, 5.74) is 3.72. The maximum absolute atomic E-state index is 12.8. The van der Waals surface area contributed by atoms with Crippen LogP contribution in [0.1, 0.15) is 11.3 Å². The summed E-state index contributed by atoms with van der Waals surface area (Å²) in [5, 5.41) is 5.28. The Morgan fingerprint density at radius 1 is 1.28 bits per heavy atom. The Morgan fingerprint density at radius 2 is 2.07 bits per heavy atom. The molecule has 3 heterocycles. The van der Waals surface area contributed by atoms with Crippen molar-refractivity contribution in [3.8, 4) is 11.1 Å². The molecule has 1 amide bonds. The molecule has 4 aromatic rings. The molecule has 0 atom stereocenters. The van der Waals surface area contributed by atoms with Crippen molar-refractivity contribution < 1.29 is 9.21 Å². The fourth-order valence-electron chi connectivity index (χ4n) is 2.87. The predicted molar refractivity (Wildman–Crippen MR) is 116 cm³/mol. The van der Waals surface area contributed by atoms with Crippen LogP contribution < -0.4 is 10.9 Å². The third kappa shape index (κ3) is 4.13. The molecule has 0 spiro atoms. The Balaban J connectivity index is 1.56. The Labute approximate surface area is 175 Å². The number of fused-ring (bicyclic) bond motifs is 1. The number of carbonyl (C=O) groups is 1. The molecule has 0 aliphatic heterocycles. The number of hydrogen-bond donors (Lipinski definition) is 1. The number of thioether (sulfide) groups is 1. The highest BCUT2D eigenvalue weighted by molar-refractivity contribution is 7.99. The molecule has 0 radical (unpaired) electrons. The molecule has 4 rings (SSSR count). The van der Waals surface area contributed by atoms with Gasteiger partial charge in [-0.25, -0.2) is 4.98 Å². The van der Waals surface area contributed by atoms with E-state index in [9.17, 15) is 9.59 Å². The van der Waals surface area contributed by atoms with Gasteiger partial charge in [0.1, 0.15) is 10.5 Å². The molecule has 0 saturated heterocycles. The van der Waals surface area contributed by atoms with Gasteiger partial charge in [-0.1, -0.05) is 41.6 Å². The molecule has 0 bridgehead atoms. The van der Waals surface area contributed by atoms with E-state index in [0.29, 0.717) is 27.7 Å². The van der Waals surface area contributed by atoms with Crippen LogP contribution in [-0.2, 0) is 18.4 Å². The van der Waals surface area contributed by atoms with Crippen LogP contribution >= 0.6 is 23.1 Å². The van der Waals surface area contributed by atoms with Crippen LogP contribution in [0, 0.1) is 6.92 Å². The molecule has 1 N–H and O–H groups in total. The fraction of sp³-hybridized carbons (Fsp3) is 0.190. The summed E-state index contributed by atoms with van der Waals surface area (Å²) in [5.74, 6) is 0.706. The number of nitrogens with one attached hydrogen (secondary N) is 1. The number of benzene rings is 1. The zero-order valence-corrected chi connectivity index (χ0v) is 17.6. The van der Waals surface area contributed by atoms with E-state index in [0.717, 1.165) is 11.1 Å². The van der Waals surface area contributed by atoms with E-state index in [1.54, 1.807) is 25.4 Å². The number of aromatic nitrogens is 2. The number of rotatable bonds is 6. The largest absolute Gasteiger partial charge is 0.467 e. The summed E-state index contributed by atoms with van der Waals surface area (Å²) in [4.78, 5) is 29.6. The van der Waals surface area contributed by atoms with Crippen LogP contribution in [0.2, 0.25) is 0 Å². The highest BCUT2D eigenvalue weighted by Gasteiger charge is 2.16. The molecule has 0 fully saturated rings. The van der Waals surface area contributed by atoms with Gasteiger partial charge in [-0.3, -0.25) is 14.2 Å². The van der Waals surface area contributed by atoms with Gasteiger partial charge in [-0.15, -0.1) is 11.3 Å². The minimum atomic E-state index is -0.148. The standard InChI is InChI=1S/C21H19N3O3S2/c1-13-5-7-14(8-6-13)16-11-28-19-18(16)23-21(24(2)20(19)26)29-12-17(25)22-10-15-4-3-9-27-15/h3-9,11H,10,12H2,1-2H3,(H,22,25). The van der Waals surface area contributed by atoms with Crippen LogP contribution in [0.15, 0.2) is 62.4 Å². The summed E-state index contributed by atoms with van der Waals surface area (Å²) in [6.07, 6.45) is 1.57. The molecular formula is C21H19N3O3S2. The number of hydrogen-bond acceptors (Lipinski definition) is 6. The van der Waals surface area contributed by atoms with Crippen molar-refractivity contribution in [1.29, 1.82) is 0 Å². The van der Waals surface area contributed by atoms with E-state index in [1.165, 1.54) is 33.2 Å². The Bertz CT molecular complexity index is 1210. The van der Waals surface area contributed by atoms with E-state index in [1.807, 2.05) is 36.6 Å². The summed E-state index contributed by atoms with van der Waals surface area (Å²) >= 11 is 2.64. The highest BCUT2D eigenvalue weighted by atomic mass is 32.2. The molecule has 3 aromatic heterocycles. The summed E-state index contributed by atoms with van der Waals surface area (Å²) < 4.78 is 7.33. The van der Waals surface area contributed by atoms with Crippen LogP contribution in [-0.4, -0.2) is 21.2 Å². The van der Waals surface area contributed by atoms with Gasteiger partial charge in [0.15, 0.2) is 5.16 Å². The Morgan fingerprint density at radius 3 is 2.79 bits per heavy atom. The first kappa shape index (κ1) is 19.5. The van der Waals surface area contributed by atoms with Crippen molar-refractivity contribution in [2.75, 3.05) is 5.75 Å². The number of nitrogens with zero attached hydrogens (tertiary/aromatic N) is 2. The van der Waals surface area contributed by atoms with Crippen molar-refractivity contribution in [3.05, 3.63) is 69.7 Å². The summed E-state index contributed by atoms with van der Waals surface area (Å²) in [6.45, 7) is 2.37. The van der Waals surface area contributed by atoms with Gasteiger partial charge in [0, 0.05) is 18.0 Å². The normalized spacial score (nSPS) is 11.1. The van der Waals surface area contributed by atoms with Gasteiger partial charge in [-0.05, 0) is 24.6 Å². The van der Waals surface area contributed by atoms with Gasteiger partial charge in [0.2, 0.25) is 5.91 Å². The molecule has 0 aliphatic carbocycles. The maximum Gasteiger partial charge on any atom is 0.271 e. The van der Waals surface area contributed by atoms with Crippen LogP contribution in [0.3, 0.4) is 0 Å². The zero-order chi connectivity index (χ0) is 20.4. The quantitative estimate of drug-likeness (QED) is 0.374. The van der Waals surface area contributed by atoms with Crippen molar-refractivity contribution in [1.82, 2.24) is 14.9 Å². The van der Waals surface area contributed by atoms with Crippen LogP contribution in [0.5, 0.6) is 0 Å². The lowest BCUT2D eigenvalue weighted by Gasteiger charge is -2.08. The minimum absolute atomic E-state index is 0.100. The smallest absolute Gasteiger partial charge is 0.271 e. The summed E-state index contributed by atoms with van der Waals surface area (Å²) in [6, 6.07) is 11.7. The van der Waals surface area contributed by atoms with Gasteiger partial charge in [0.25, 0.3) is 5.56 Å². The Hall–Kier alpha value is -2.84. The van der Waals surface area contributed by atoms with Crippen molar-refractivity contribution in [2.45, 2.75) is 18.6 Å². The van der Waals surface area contributed by atoms with Crippen molar-refractivity contribution in [2.24, 2.45) is 7.05 Å². The van der Waals surface area contributed by atoms with Gasteiger partial charge in [-0.2, -0.15) is 0 Å². The number of amides is 1. The number of furan rings is 1. The summed E-state index contributed by atoms with van der Waals surface area (Å²) in [7, 11) is 1.68. The lowest BCUT2D eigenvalue weighted by molar-refractivity contribution is -0.118. The third-order valence-electron chi connectivity index (χ3n) is 4.49. The topological polar surface area (TPSA) is 77.1 Å². The van der Waals surface area contributed by atoms with Crippen LogP contribution in [0.4, 0.5) is 0 Å². The molecular weight excluding hydrogens is 406 g/mol. The second kappa shape index (κ2) is 8.26. The molecule has 8 heteroatoms. The highest BCUT2D eigenvalue weighted by Crippen LogP contribution is 2.32.